The van der Waals surface area contributed by atoms with E-state index in [2.05, 4.69) is 10.3 Å². The summed E-state index contributed by atoms with van der Waals surface area (Å²) in [5, 5.41) is 3.30. The highest BCUT2D eigenvalue weighted by molar-refractivity contribution is 5.84. The third-order valence-electron chi connectivity index (χ3n) is 5.34. The fourth-order valence-corrected chi connectivity index (χ4v) is 3.81. The Hall–Kier alpha value is -3.61. The Bertz CT molecular complexity index is 1350. The van der Waals surface area contributed by atoms with Crippen molar-refractivity contribution in [3.63, 3.8) is 0 Å². The number of anilines is 1. The number of fused-ring (bicyclic) bond motifs is 1. The summed E-state index contributed by atoms with van der Waals surface area (Å²) in [6, 6.07) is 15.0. The van der Waals surface area contributed by atoms with E-state index in [1.54, 1.807) is 19.9 Å². The van der Waals surface area contributed by atoms with Crippen LogP contribution in [-0.2, 0) is 6.18 Å². The lowest BCUT2D eigenvalue weighted by molar-refractivity contribution is -0.140. The largest absolute Gasteiger partial charge is 0.455 e. The van der Waals surface area contributed by atoms with E-state index in [4.69, 9.17) is 4.42 Å². The molecule has 0 fully saturated rings. The first-order valence-corrected chi connectivity index (χ1v) is 10.1. The van der Waals surface area contributed by atoms with E-state index in [9.17, 15) is 18.0 Å². The molecule has 2 aromatic carbocycles. The molecule has 1 atom stereocenters. The molecule has 4 rings (SSSR count). The molecule has 0 amide bonds. The van der Waals surface area contributed by atoms with Crippen LogP contribution in [0.4, 0.5) is 18.9 Å². The fraction of sp³-hybridized carbons (Fsp3) is 0.200. The van der Waals surface area contributed by atoms with Crippen LogP contribution >= 0.6 is 0 Å². The molecule has 0 bridgehead atoms. The molecule has 0 saturated heterocycles. The van der Waals surface area contributed by atoms with Crippen molar-refractivity contribution in [1.29, 1.82) is 0 Å². The van der Waals surface area contributed by atoms with E-state index in [-0.39, 0.29) is 11.1 Å². The van der Waals surface area contributed by atoms with Gasteiger partial charge in [-0.3, -0.25) is 4.79 Å². The van der Waals surface area contributed by atoms with Crippen LogP contribution in [0.2, 0.25) is 0 Å². The number of pyridine rings is 1. The summed E-state index contributed by atoms with van der Waals surface area (Å²) in [6.07, 6.45) is -3.49. The Morgan fingerprint density at radius 1 is 1.03 bits per heavy atom. The highest BCUT2D eigenvalue weighted by Gasteiger charge is 2.35. The van der Waals surface area contributed by atoms with Gasteiger partial charge in [-0.2, -0.15) is 13.2 Å². The Morgan fingerprint density at radius 2 is 1.75 bits per heavy atom. The highest BCUT2D eigenvalue weighted by Crippen LogP contribution is 2.36. The van der Waals surface area contributed by atoms with Gasteiger partial charge in [0.2, 0.25) is 0 Å². The van der Waals surface area contributed by atoms with Crippen LogP contribution < -0.4 is 10.7 Å². The third kappa shape index (κ3) is 3.98. The molecule has 1 unspecified atom stereocenters. The molecule has 4 aromatic rings. The van der Waals surface area contributed by atoms with Gasteiger partial charge in [0.15, 0.2) is 11.1 Å². The summed E-state index contributed by atoms with van der Waals surface area (Å²) >= 11 is 0. The van der Waals surface area contributed by atoms with E-state index in [0.717, 1.165) is 17.3 Å². The van der Waals surface area contributed by atoms with Crippen molar-refractivity contribution < 1.29 is 17.6 Å². The fourth-order valence-electron chi connectivity index (χ4n) is 3.81. The minimum atomic E-state index is -4.60. The van der Waals surface area contributed by atoms with Crippen LogP contribution in [0, 0.1) is 13.8 Å². The number of halogens is 3. The number of benzene rings is 2. The van der Waals surface area contributed by atoms with Crippen molar-refractivity contribution >= 4 is 16.7 Å². The standard InChI is InChI=1S/C25H21F3N2O2/c1-14-12-18(16(3)30-20-10-7-11-29-24(20)25(26,27)28)23-19(13-14)21(31)15(2)22(32-23)17-8-5-4-6-9-17/h4-13,16,30H,1-3H3. The van der Waals surface area contributed by atoms with Crippen LogP contribution in [0.15, 0.2) is 70.0 Å². The molecule has 0 aliphatic carbocycles. The van der Waals surface area contributed by atoms with Crippen molar-refractivity contribution in [3.8, 4) is 11.3 Å². The number of alkyl halides is 3. The average Bonchev–Trinajstić information content (AvgIpc) is 2.76. The monoisotopic (exact) mass is 438 g/mol. The molecule has 2 aromatic heterocycles. The maximum absolute atomic E-state index is 13.4. The van der Waals surface area contributed by atoms with Gasteiger partial charge in [0.25, 0.3) is 0 Å². The summed E-state index contributed by atoms with van der Waals surface area (Å²) in [5.74, 6) is 0.442. The summed E-state index contributed by atoms with van der Waals surface area (Å²) in [7, 11) is 0. The molecule has 7 heteroatoms. The van der Waals surface area contributed by atoms with Gasteiger partial charge in [-0.15, -0.1) is 0 Å². The van der Waals surface area contributed by atoms with E-state index in [0.29, 0.717) is 27.9 Å². The molecular formula is C25H21F3N2O2. The van der Waals surface area contributed by atoms with Gasteiger partial charge >= 0.3 is 6.18 Å². The Balaban J connectivity index is 1.88. The Kier molecular flexibility index (Phi) is 5.50. The zero-order valence-corrected chi connectivity index (χ0v) is 17.7. The van der Waals surface area contributed by atoms with Crippen molar-refractivity contribution in [2.75, 3.05) is 5.32 Å². The second kappa shape index (κ2) is 8.15. The number of nitrogens with one attached hydrogen (secondary N) is 1. The maximum Gasteiger partial charge on any atom is 0.435 e. The van der Waals surface area contributed by atoms with Crippen LogP contribution in [0.1, 0.15) is 35.3 Å². The van der Waals surface area contributed by atoms with Gasteiger partial charge in [0.05, 0.1) is 17.1 Å². The van der Waals surface area contributed by atoms with Crippen molar-refractivity contribution in [3.05, 3.63) is 93.4 Å². The maximum atomic E-state index is 13.4. The average molecular weight is 438 g/mol. The van der Waals surface area contributed by atoms with Gasteiger partial charge in [-0.1, -0.05) is 36.4 Å². The number of rotatable bonds is 4. The molecule has 32 heavy (non-hydrogen) atoms. The summed E-state index contributed by atoms with van der Waals surface area (Å²) in [5.41, 5.74) is 1.68. The lowest BCUT2D eigenvalue weighted by atomic mass is 9.98. The molecule has 0 aliphatic heterocycles. The topological polar surface area (TPSA) is 55.1 Å². The van der Waals surface area contributed by atoms with Crippen LogP contribution in [0.25, 0.3) is 22.3 Å². The third-order valence-corrected chi connectivity index (χ3v) is 5.34. The quantitative estimate of drug-likeness (QED) is 0.387. The Morgan fingerprint density at radius 3 is 2.44 bits per heavy atom. The number of aromatic nitrogens is 1. The highest BCUT2D eigenvalue weighted by atomic mass is 19.4. The lowest BCUT2D eigenvalue weighted by Crippen LogP contribution is -2.16. The normalized spacial score (nSPS) is 12.7. The molecule has 0 saturated carbocycles. The van der Waals surface area contributed by atoms with Gasteiger partial charge < -0.3 is 9.73 Å². The van der Waals surface area contributed by atoms with Gasteiger partial charge in [0.1, 0.15) is 11.3 Å². The molecule has 1 N–H and O–H groups in total. The zero-order valence-electron chi connectivity index (χ0n) is 17.7. The van der Waals surface area contributed by atoms with E-state index < -0.39 is 17.9 Å². The molecule has 164 valence electrons. The first-order chi connectivity index (χ1) is 15.2. The van der Waals surface area contributed by atoms with Crippen LogP contribution in [-0.4, -0.2) is 4.98 Å². The summed E-state index contributed by atoms with van der Waals surface area (Å²) in [6.45, 7) is 5.27. The smallest absolute Gasteiger partial charge is 0.435 e. The van der Waals surface area contributed by atoms with Gasteiger partial charge in [-0.05, 0) is 44.5 Å². The zero-order chi connectivity index (χ0) is 23.0. The molecule has 0 spiro atoms. The van der Waals surface area contributed by atoms with Crippen molar-refractivity contribution in [2.45, 2.75) is 33.0 Å². The molecule has 0 radical (unpaired) electrons. The molecule has 4 nitrogen and oxygen atoms in total. The second-order valence-electron chi connectivity index (χ2n) is 7.75. The molecule has 2 heterocycles. The van der Waals surface area contributed by atoms with Crippen LogP contribution in [0.5, 0.6) is 0 Å². The molecular weight excluding hydrogens is 417 g/mol. The first-order valence-electron chi connectivity index (χ1n) is 10.1. The SMILES string of the molecule is Cc1cc(C(C)Nc2cccnc2C(F)(F)F)c2oc(-c3ccccc3)c(C)c(=O)c2c1. The van der Waals surface area contributed by atoms with Crippen molar-refractivity contribution in [1.82, 2.24) is 4.98 Å². The predicted molar refractivity (Wildman–Crippen MR) is 119 cm³/mol. The lowest BCUT2D eigenvalue weighted by Gasteiger charge is -2.20. The van der Waals surface area contributed by atoms with Gasteiger partial charge in [-0.25, -0.2) is 4.98 Å². The summed E-state index contributed by atoms with van der Waals surface area (Å²) in [4.78, 5) is 16.6. The number of hydrogen-bond acceptors (Lipinski definition) is 4. The number of aryl methyl sites for hydroxylation is 1. The minimum absolute atomic E-state index is 0.139. The number of nitrogens with zero attached hydrogens (tertiary/aromatic N) is 1. The first kappa shape index (κ1) is 21.6. The second-order valence-corrected chi connectivity index (χ2v) is 7.75. The molecule has 0 aliphatic rings. The minimum Gasteiger partial charge on any atom is -0.455 e. The van der Waals surface area contributed by atoms with Crippen LogP contribution in [0.3, 0.4) is 0 Å². The van der Waals surface area contributed by atoms with E-state index >= 15 is 0 Å². The predicted octanol–water partition coefficient (Wildman–Crippen LogP) is 6.66. The van der Waals surface area contributed by atoms with Crippen molar-refractivity contribution in [2.24, 2.45) is 0 Å². The summed E-state index contributed by atoms with van der Waals surface area (Å²) < 4.78 is 46.4. The van der Waals surface area contributed by atoms with E-state index in [1.807, 2.05) is 43.3 Å². The van der Waals surface area contributed by atoms with Gasteiger partial charge in [0, 0.05) is 22.9 Å². The number of hydrogen-bond donors (Lipinski definition) is 1. The Labute approximate surface area is 182 Å². The van der Waals surface area contributed by atoms with E-state index in [1.165, 1.54) is 12.1 Å².